The molecular weight excluding hydrogens is 402 g/mol. The number of methoxy groups -OCH3 is 1. The van der Waals surface area contributed by atoms with Crippen molar-refractivity contribution in [1.82, 2.24) is 10.0 Å². The van der Waals surface area contributed by atoms with Gasteiger partial charge in [-0.1, -0.05) is 36.4 Å². The Morgan fingerprint density at radius 1 is 1.03 bits per heavy atom. The lowest BCUT2D eigenvalue weighted by Gasteiger charge is -2.28. The van der Waals surface area contributed by atoms with E-state index in [9.17, 15) is 13.2 Å². The summed E-state index contributed by atoms with van der Waals surface area (Å²) in [4.78, 5) is 12.7. The average Bonchev–Trinajstić information content (AvgIpc) is 2.77. The first-order valence-electron chi connectivity index (χ1n) is 9.35. The minimum Gasteiger partial charge on any atom is -0.497 e. The van der Waals surface area contributed by atoms with Crippen molar-refractivity contribution in [1.29, 1.82) is 0 Å². The van der Waals surface area contributed by atoms with E-state index in [-0.39, 0.29) is 10.8 Å². The van der Waals surface area contributed by atoms with Gasteiger partial charge in [0.25, 0.3) is 5.91 Å². The number of amides is 1. The van der Waals surface area contributed by atoms with Crippen LogP contribution in [-0.2, 0) is 16.6 Å². The number of anilines is 1. The first-order chi connectivity index (χ1) is 14.5. The third kappa shape index (κ3) is 4.14. The van der Waals surface area contributed by atoms with E-state index in [0.29, 0.717) is 23.4 Å². The molecule has 1 amide bonds. The SMILES string of the molecule is COc1cccc(CNC(=O)c2ccc(C3Nc4ccccc4S(=O)(=O)N3)cc2)c1. The van der Waals surface area contributed by atoms with E-state index in [2.05, 4.69) is 15.4 Å². The van der Waals surface area contributed by atoms with Crippen LogP contribution in [-0.4, -0.2) is 21.4 Å². The Morgan fingerprint density at radius 2 is 1.80 bits per heavy atom. The molecule has 0 saturated carbocycles. The van der Waals surface area contributed by atoms with Gasteiger partial charge in [-0.3, -0.25) is 4.79 Å². The number of sulfonamides is 1. The smallest absolute Gasteiger partial charge is 0.251 e. The van der Waals surface area contributed by atoms with Crippen LogP contribution < -0.4 is 20.1 Å². The molecule has 1 heterocycles. The van der Waals surface area contributed by atoms with Crippen LogP contribution in [0.15, 0.2) is 77.7 Å². The molecule has 1 aliphatic rings. The number of hydrogen-bond acceptors (Lipinski definition) is 5. The molecule has 0 bridgehead atoms. The Bertz CT molecular complexity index is 1180. The van der Waals surface area contributed by atoms with Gasteiger partial charge in [0.2, 0.25) is 10.0 Å². The summed E-state index contributed by atoms with van der Waals surface area (Å²) in [5, 5.41) is 6.04. The molecule has 154 valence electrons. The summed E-state index contributed by atoms with van der Waals surface area (Å²) < 4.78 is 32.8. The Balaban J connectivity index is 1.45. The lowest BCUT2D eigenvalue weighted by Crippen LogP contribution is -2.38. The Hall–Kier alpha value is -3.36. The van der Waals surface area contributed by atoms with Gasteiger partial charge >= 0.3 is 0 Å². The third-order valence-corrected chi connectivity index (χ3v) is 6.32. The molecular formula is C22H21N3O4S. The predicted molar refractivity (Wildman–Crippen MR) is 114 cm³/mol. The van der Waals surface area contributed by atoms with Crippen molar-refractivity contribution in [3.63, 3.8) is 0 Å². The second-order valence-corrected chi connectivity index (χ2v) is 8.53. The maximum Gasteiger partial charge on any atom is 0.251 e. The molecule has 0 aromatic heterocycles. The zero-order valence-corrected chi connectivity index (χ0v) is 17.1. The molecule has 3 aromatic carbocycles. The summed E-state index contributed by atoms with van der Waals surface area (Å²) in [7, 11) is -2.02. The van der Waals surface area contributed by atoms with Crippen LogP contribution in [0.3, 0.4) is 0 Å². The van der Waals surface area contributed by atoms with Crippen molar-refractivity contribution in [2.24, 2.45) is 0 Å². The molecule has 3 N–H and O–H groups in total. The normalized spacial score (nSPS) is 16.8. The highest BCUT2D eigenvalue weighted by Gasteiger charge is 2.29. The summed E-state index contributed by atoms with van der Waals surface area (Å²) in [5.74, 6) is 0.516. The molecule has 4 rings (SSSR count). The maximum atomic E-state index is 12.5. The highest BCUT2D eigenvalue weighted by molar-refractivity contribution is 7.89. The summed E-state index contributed by atoms with van der Waals surface area (Å²) in [6, 6.07) is 21.0. The predicted octanol–water partition coefficient (Wildman–Crippen LogP) is 3.03. The first-order valence-corrected chi connectivity index (χ1v) is 10.8. The van der Waals surface area contributed by atoms with Crippen molar-refractivity contribution < 1.29 is 17.9 Å². The number of fused-ring (bicyclic) bond motifs is 1. The molecule has 1 atom stereocenters. The molecule has 0 fully saturated rings. The second kappa shape index (κ2) is 8.17. The monoisotopic (exact) mass is 423 g/mol. The number of hydrogen-bond donors (Lipinski definition) is 3. The maximum absolute atomic E-state index is 12.5. The van der Waals surface area contributed by atoms with Crippen molar-refractivity contribution in [3.05, 3.63) is 89.5 Å². The van der Waals surface area contributed by atoms with E-state index in [1.807, 2.05) is 24.3 Å². The molecule has 1 aliphatic heterocycles. The molecule has 30 heavy (non-hydrogen) atoms. The highest BCUT2D eigenvalue weighted by Crippen LogP contribution is 2.30. The number of benzene rings is 3. The number of ether oxygens (including phenoxy) is 1. The minimum atomic E-state index is -3.61. The quantitative estimate of drug-likeness (QED) is 0.586. The molecule has 0 radical (unpaired) electrons. The van der Waals surface area contributed by atoms with E-state index in [0.717, 1.165) is 11.3 Å². The Kier molecular flexibility index (Phi) is 5.43. The van der Waals surface area contributed by atoms with Crippen LogP contribution >= 0.6 is 0 Å². The van der Waals surface area contributed by atoms with Gasteiger partial charge in [-0.2, -0.15) is 4.72 Å². The average molecular weight is 423 g/mol. The second-order valence-electron chi connectivity index (χ2n) is 6.85. The standard InChI is InChI=1S/C22H21N3O4S/c1-29-18-6-4-5-15(13-18)14-23-22(26)17-11-9-16(10-12-17)21-24-19-7-2-3-8-20(19)30(27,28)25-21/h2-13,21,24-25H,14H2,1H3,(H,23,26). The number of carbonyl (C=O) groups excluding carboxylic acids is 1. The molecule has 7 nitrogen and oxygen atoms in total. The van der Waals surface area contributed by atoms with Crippen molar-refractivity contribution in [2.45, 2.75) is 17.6 Å². The molecule has 0 saturated heterocycles. The van der Waals surface area contributed by atoms with E-state index in [1.54, 1.807) is 55.6 Å². The van der Waals surface area contributed by atoms with Gasteiger partial charge in [-0.25, -0.2) is 8.42 Å². The van der Waals surface area contributed by atoms with Crippen LogP contribution in [0.4, 0.5) is 5.69 Å². The Labute approximate surface area is 175 Å². The van der Waals surface area contributed by atoms with Crippen LogP contribution in [0.5, 0.6) is 5.75 Å². The van der Waals surface area contributed by atoms with E-state index < -0.39 is 16.2 Å². The lowest BCUT2D eigenvalue weighted by molar-refractivity contribution is 0.0951. The zero-order valence-electron chi connectivity index (χ0n) is 16.3. The van der Waals surface area contributed by atoms with Crippen LogP contribution in [0.25, 0.3) is 0 Å². The Morgan fingerprint density at radius 3 is 2.57 bits per heavy atom. The molecule has 1 unspecified atom stereocenters. The number of rotatable bonds is 5. The number of carbonyl (C=O) groups is 1. The molecule has 3 aromatic rings. The largest absolute Gasteiger partial charge is 0.497 e. The van der Waals surface area contributed by atoms with Gasteiger partial charge < -0.3 is 15.4 Å². The van der Waals surface area contributed by atoms with E-state index in [4.69, 9.17) is 4.74 Å². The summed E-state index contributed by atoms with van der Waals surface area (Å²) >= 11 is 0. The zero-order chi connectivity index (χ0) is 21.1. The molecule has 0 aliphatic carbocycles. The summed E-state index contributed by atoms with van der Waals surface area (Å²) in [5.41, 5.74) is 2.67. The number of nitrogens with one attached hydrogen (secondary N) is 3. The van der Waals surface area contributed by atoms with Gasteiger partial charge in [-0.05, 0) is 47.5 Å². The van der Waals surface area contributed by atoms with Gasteiger partial charge in [0.15, 0.2) is 0 Å². The fraction of sp³-hybridized carbons (Fsp3) is 0.136. The number of para-hydroxylation sites is 1. The highest BCUT2D eigenvalue weighted by atomic mass is 32.2. The van der Waals surface area contributed by atoms with Crippen molar-refractivity contribution >= 4 is 21.6 Å². The topological polar surface area (TPSA) is 96.5 Å². The third-order valence-electron chi connectivity index (χ3n) is 4.84. The fourth-order valence-corrected chi connectivity index (χ4v) is 4.58. The van der Waals surface area contributed by atoms with Crippen molar-refractivity contribution in [3.8, 4) is 5.75 Å². The van der Waals surface area contributed by atoms with Crippen LogP contribution in [0.1, 0.15) is 27.7 Å². The summed E-state index contributed by atoms with van der Waals surface area (Å²) in [6.07, 6.45) is -0.612. The first kappa shape index (κ1) is 19.9. The minimum absolute atomic E-state index is 0.216. The molecule has 8 heteroatoms. The fourth-order valence-electron chi connectivity index (χ4n) is 3.27. The van der Waals surface area contributed by atoms with Crippen LogP contribution in [0, 0.1) is 0 Å². The van der Waals surface area contributed by atoms with Gasteiger partial charge in [-0.15, -0.1) is 0 Å². The molecule has 0 spiro atoms. The van der Waals surface area contributed by atoms with Crippen LogP contribution in [0.2, 0.25) is 0 Å². The van der Waals surface area contributed by atoms with Crippen molar-refractivity contribution in [2.75, 3.05) is 12.4 Å². The van der Waals surface area contributed by atoms with E-state index in [1.165, 1.54) is 0 Å². The van der Waals surface area contributed by atoms with Gasteiger partial charge in [0.05, 0.1) is 12.8 Å². The lowest BCUT2D eigenvalue weighted by atomic mass is 10.1. The van der Waals surface area contributed by atoms with Gasteiger partial charge in [0.1, 0.15) is 16.8 Å². The summed E-state index contributed by atoms with van der Waals surface area (Å²) in [6.45, 7) is 0.374. The van der Waals surface area contributed by atoms with Gasteiger partial charge in [0, 0.05) is 12.1 Å². The van der Waals surface area contributed by atoms with E-state index >= 15 is 0 Å².